The van der Waals surface area contributed by atoms with Crippen molar-refractivity contribution in [2.24, 2.45) is 17.8 Å². The average Bonchev–Trinajstić information content (AvgIpc) is 3.79. The Bertz CT molecular complexity index is 1670. The number of anilines is 2. The number of amides is 3. The number of benzene rings is 2. The molecular weight excluding hydrogens is 660 g/mol. The maximum absolute atomic E-state index is 15.2. The number of carbonyl (C=O) groups is 4. The second kappa shape index (κ2) is 15.6. The highest BCUT2D eigenvalue weighted by atomic mass is 16.6. The van der Waals surface area contributed by atoms with Gasteiger partial charge in [0.1, 0.15) is 23.7 Å². The Balaban J connectivity index is 1.46. The Hall–Kier alpha value is -4.48. The molecule has 2 fully saturated rings. The van der Waals surface area contributed by atoms with E-state index in [1.54, 1.807) is 24.0 Å². The molecule has 2 N–H and O–H groups in total. The first-order valence-electron chi connectivity index (χ1n) is 18.7. The first kappa shape index (κ1) is 37.3. The summed E-state index contributed by atoms with van der Waals surface area (Å²) in [5.41, 5.74) is 0.895. The number of allylic oxidation sites excluding steroid dienone is 1. The van der Waals surface area contributed by atoms with Crippen LogP contribution < -0.4 is 15.1 Å². The van der Waals surface area contributed by atoms with E-state index in [4.69, 9.17) is 9.47 Å². The third-order valence-corrected chi connectivity index (χ3v) is 10.9. The van der Waals surface area contributed by atoms with Crippen LogP contribution in [0.25, 0.3) is 0 Å². The van der Waals surface area contributed by atoms with Gasteiger partial charge in [0.05, 0.1) is 30.7 Å². The highest BCUT2D eigenvalue weighted by Crippen LogP contribution is 2.56. The molecule has 2 aromatic rings. The van der Waals surface area contributed by atoms with Crippen molar-refractivity contribution in [3.05, 3.63) is 84.5 Å². The van der Waals surface area contributed by atoms with Gasteiger partial charge in [0.2, 0.25) is 11.8 Å². The summed E-state index contributed by atoms with van der Waals surface area (Å²) in [5.74, 6) is -3.63. The molecule has 4 heterocycles. The van der Waals surface area contributed by atoms with E-state index in [0.29, 0.717) is 24.1 Å². The molecule has 3 amide bonds. The van der Waals surface area contributed by atoms with Crippen molar-refractivity contribution in [3.8, 4) is 0 Å². The predicted molar refractivity (Wildman–Crippen MR) is 198 cm³/mol. The van der Waals surface area contributed by atoms with Gasteiger partial charge in [-0.3, -0.25) is 19.2 Å². The molecule has 11 nitrogen and oxygen atoms in total. The van der Waals surface area contributed by atoms with Gasteiger partial charge >= 0.3 is 5.97 Å². The smallest absolute Gasteiger partial charge is 0.313 e. The zero-order valence-electron chi connectivity index (χ0n) is 30.8. The third-order valence-electron chi connectivity index (χ3n) is 10.9. The maximum atomic E-state index is 15.2. The number of cyclic esters (lactones) is 1. The normalized spacial score (nSPS) is 30.4. The lowest BCUT2D eigenvalue weighted by Gasteiger charge is -2.39. The number of hydrogen-bond donors (Lipinski definition) is 2. The molecule has 2 saturated heterocycles. The fraction of sp³-hybridized carbons (Fsp3) is 0.512. The van der Waals surface area contributed by atoms with Crippen LogP contribution in [0.2, 0.25) is 0 Å². The van der Waals surface area contributed by atoms with E-state index in [9.17, 15) is 19.5 Å². The number of nitrogens with one attached hydrogen (secondary N) is 1. The van der Waals surface area contributed by atoms with Crippen molar-refractivity contribution in [3.63, 3.8) is 0 Å². The summed E-state index contributed by atoms with van der Waals surface area (Å²) >= 11 is 0. The Morgan fingerprint density at radius 3 is 2.35 bits per heavy atom. The quantitative estimate of drug-likeness (QED) is 0.286. The summed E-state index contributed by atoms with van der Waals surface area (Å²) in [6.07, 6.45) is 6.72. The fourth-order valence-electron chi connectivity index (χ4n) is 8.49. The lowest BCUT2D eigenvalue weighted by molar-refractivity contribution is -0.161. The minimum absolute atomic E-state index is 0.104. The molecule has 4 aliphatic heterocycles. The number of fused-ring (bicyclic) bond motifs is 2. The van der Waals surface area contributed by atoms with E-state index in [-0.39, 0.29) is 37.3 Å². The predicted octanol–water partition coefficient (Wildman–Crippen LogP) is 4.56. The number of rotatable bonds is 9. The largest absolute Gasteiger partial charge is 0.455 e. The zero-order valence-corrected chi connectivity index (χ0v) is 30.8. The van der Waals surface area contributed by atoms with Gasteiger partial charge in [-0.25, -0.2) is 0 Å². The van der Waals surface area contributed by atoms with Crippen molar-refractivity contribution >= 4 is 35.1 Å². The van der Waals surface area contributed by atoms with Crippen LogP contribution >= 0.6 is 0 Å². The Labute approximate surface area is 306 Å². The molecular formula is C41H52N4O7. The van der Waals surface area contributed by atoms with E-state index >= 15 is 4.79 Å². The van der Waals surface area contributed by atoms with Gasteiger partial charge in [0.15, 0.2) is 0 Å². The first-order chi connectivity index (χ1) is 25.0. The molecule has 4 aliphatic rings. The molecule has 52 heavy (non-hydrogen) atoms. The van der Waals surface area contributed by atoms with Gasteiger partial charge in [-0.05, 0) is 69.4 Å². The molecule has 6 rings (SSSR count). The summed E-state index contributed by atoms with van der Waals surface area (Å²) in [6, 6.07) is 14.6. The molecule has 0 unspecified atom stereocenters. The molecule has 278 valence electrons. The van der Waals surface area contributed by atoms with Crippen LogP contribution in [-0.4, -0.2) is 89.8 Å². The lowest BCUT2D eigenvalue weighted by atomic mass is 9.74. The summed E-state index contributed by atoms with van der Waals surface area (Å²) in [7, 11) is 0. The summed E-state index contributed by atoms with van der Waals surface area (Å²) < 4.78 is 12.9. The van der Waals surface area contributed by atoms with E-state index < -0.39 is 59.6 Å². The molecule has 0 saturated carbocycles. The Morgan fingerprint density at radius 2 is 1.69 bits per heavy atom. The molecule has 0 radical (unpaired) electrons. The van der Waals surface area contributed by atoms with Crippen molar-refractivity contribution in [2.75, 3.05) is 36.0 Å². The van der Waals surface area contributed by atoms with Crippen LogP contribution in [0, 0.1) is 17.8 Å². The van der Waals surface area contributed by atoms with E-state index in [0.717, 1.165) is 18.8 Å². The van der Waals surface area contributed by atoms with Gasteiger partial charge in [0.25, 0.3) is 5.91 Å². The zero-order chi connectivity index (χ0) is 37.2. The number of aliphatic hydroxyl groups is 1. The molecule has 0 aliphatic carbocycles. The highest BCUT2D eigenvalue weighted by Gasteiger charge is 2.74. The third kappa shape index (κ3) is 6.88. The monoisotopic (exact) mass is 712 g/mol. The number of hydrogen-bond acceptors (Lipinski definition) is 8. The second-order valence-corrected chi connectivity index (χ2v) is 14.7. The highest BCUT2D eigenvalue weighted by molar-refractivity contribution is 6.05. The average molecular weight is 713 g/mol. The van der Waals surface area contributed by atoms with Crippen molar-refractivity contribution in [2.45, 2.75) is 89.8 Å². The van der Waals surface area contributed by atoms with Gasteiger partial charge in [0, 0.05) is 37.4 Å². The standard InChI is InChI=1S/C41H52N4O7/c1-6-43(7-2)29-17-19-30(20-18-29)44-23-13-9-12-16-33(47)42-27(5)36(28-14-10-8-11-15-28)51-40(50)34-32-21-22-41(52-32)35(34)38(48)45(37(41)39(44)49)31(25-46)24-26(3)4/h8-11,13-15,17-22,26-27,31-32,34-37,46H,6-7,12,16,23-25H2,1-5H3,(H,42,47)/b13-9-/t27-,31+,32+,34-,35-,36+,37+,41-/m0/s1. The van der Waals surface area contributed by atoms with Gasteiger partial charge in [-0.1, -0.05) is 68.5 Å². The van der Waals surface area contributed by atoms with E-state index in [1.807, 2.05) is 80.6 Å². The Morgan fingerprint density at radius 1 is 0.981 bits per heavy atom. The molecule has 1 spiro atoms. The number of aliphatic hydroxyl groups excluding tert-OH is 1. The van der Waals surface area contributed by atoms with Crippen molar-refractivity contribution < 1.29 is 33.8 Å². The second-order valence-electron chi connectivity index (χ2n) is 14.7. The lowest BCUT2D eigenvalue weighted by Crippen LogP contribution is -2.59. The number of carbonyl (C=O) groups excluding carboxylic acids is 4. The number of esters is 1. The molecule has 2 aromatic carbocycles. The summed E-state index contributed by atoms with van der Waals surface area (Å²) in [4.78, 5) is 62.9. The first-order valence-corrected chi connectivity index (χ1v) is 18.7. The number of nitrogens with zero attached hydrogens (tertiary/aromatic N) is 3. The van der Waals surface area contributed by atoms with Crippen LogP contribution in [0.4, 0.5) is 11.4 Å². The minimum atomic E-state index is -1.45. The fourth-order valence-corrected chi connectivity index (χ4v) is 8.49. The SMILES string of the molecule is CCN(CC)c1ccc(N2C/C=C\CCC(=O)N[C@@H](C)[C@H](c3ccccc3)OC(=O)[C@@H]3[C@H]4C(=O)N([C@@H](CO)CC(C)C)[C@H](C2=O)[C@]42C=C[C@H]3O2)cc1. The topological polar surface area (TPSA) is 129 Å². The van der Waals surface area contributed by atoms with Crippen LogP contribution in [0.1, 0.15) is 65.5 Å². The van der Waals surface area contributed by atoms with Crippen molar-refractivity contribution in [1.82, 2.24) is 10.2 Å². The van der Waals surface area contributed by atoms with E-state index in [2.05, 4.69) is 24.1 Å². The van der Waals surface area contributed by atoms with Crippen LogP contribution in [0.15, 0.2) is 78.9 Å². The van der Waals surface area contributed by atoms with E-state index in [1.165, 1.54) is 4.90 Å². The molecule has 11 heteroatoms. The van der Waals surface area contributed by atoms with Crippen LogP contribution in [0.3, 0.4) is 0 Å². The number of ether oxygens (including phenoxy) is 2. The van der Waals surface area contributed by atoms with Crippen LogP contribution in [0.5, 0.6) is 0 Å². The molecule has 8 atom stereocenters. The molecule has 0 aromatic heterocycles. The Kier molecular flexibility index (Phi) is 11.2. The number of likely N-dealkylation sites (tertiary alicyclic amines) is 1. The maximum Gasteiger partial charge on any atom is 0.313 e. The summed E-state index contributed by atoms with van der Waals surface area (Å²) in [5, 5.41) is 13.8. The van der Waals surface area contributed by atoms with Crippen LogP contribution in [-0.2, 0) is 28.7 Å². The van der Waals surface area contributed by atoms with Crippen molar-refractivity contribution in [1.29, 1.82) is 0 Å². The summed E-state index contributed by atoms with van der Waals surface area (Å²) in [6.45, 7) is 11.5. The van der Waals surface area contributed by atoms with Gasteiger partial charge in [-0.15, -0.1) is 0 Å². The minimum Gasteiger partial charge on any atom is -0.455 e. The van der Waals surface area contributed by atoms with Gasteiger partial charge < -0.3 is 34.6 Å². The van der Waals surface area contributed by atoms with Gasteiger partial charge in [-0.2, -0.15) is 0 Å². The molecule has 5 bridgehead atoms.